The molecule has 0 aliphatic carbocycles. The van der Waals surface area contributed by atoms with E-state index in [-0.39, 0.29) is 6.04 Å². The number of nitrogens with zero attached hydrogens (tertiary/aromatic N) is 1. The van der Waals surface area contributed by atoms with Crippen LogP contribution in [0.2, 0.25) is 0 Å². The molecule has 14 heavy (non-hydrogen) atoms. The lowest BCUT2D eigenvalue weighted by Crippen LogP contribution is -2.22. The summed E-state index contributed by atoms with van der Waals surface area (Å²) in [6, 6.07) is 5.84. The highest BCUT2D eigenvalue weighted by Gasteiger charge is 2.04. The molecular formula is C9H13BrN2OS. The Bertz CT molecular complexity index is 332. The number of anilines is 1. The maximum Gasteiger partial charge on any atom is 0.127 e. The third kappa shape index (κ3) is 4.19. The average molecular weight is 277 g/mol. The Labute approximate surface area is 94.9 Å². The Morgan fingerprint density at radius 1 is 1.64 bits per heavy atom. The van der Waals surface area contributed by atoms with Crippen molar-refractivity contribution in [2.45, 2.75) is 13.0 Å². The van der Waals surface area contributed by atoms with Gasteiger partial charge in [-0.3, -0.25) is 4.21 Å². The minimum atomic E-state index is -0.777. The lowest BCUT2D eigenvalue weighted by Gasteiger charge is -2.12. The lowest BCUT2D eigenvalue weighted by molar-refractivity contribution is 0.683. The van der Waals surface area contributed by atoms with E-state index >= 15 is 0 Å². The average Bonchev–Trinajstić information content (AvgIpc) is 2.01. The molecule has 5 heteroatoms. The highest BCUT2D eigenvalue weighted by molar-refractivity contribution is 9.10. The van der Waals surface area contributed by atoms with E-state index in [1.165, 1.54) is 0 Å². The van der Waals surface area contributed by atoms with Gasteiger partial charge in [0.25, 0.3) is 0 Å². The van der Waals surface area contributed by atoms with Crippen molar-refractivity contribution in [3.05, 3.63) is 22.8 Å². The first-order valence-corrected chi connectivity index (χ1v) is 6.79. The van der Waals surface area contributed by atoms with Gasteiger partial charge in [0.15, 0.2) is 0 Å². The van der Waals surface area contributed by atoms with Crippen LogP contribution in [0.5, 0.6) is 0 Å². The molecule has 0 bridgehead atoms. The molecule has 1 aromatic rings. The van der Waals surface area contributed by atoms with E-state index in [1.54, 1.807) is 6.26 Å². The minimum Gasteiger partial charge on any atom is -0.367 e. The van der Waals surface area contributed by atoms with Gasteiger partial charge in [0.1, 0.15) is 10.4 Å². The van der Waals surface area contributed by atoms with Gasteiger partial charge in [-0.25, -0.2) is 4.98 Å². The van der Waals surface area contributed by atoms with Gasteiger partial charge in [0.2, 0.25) is 0 Å². The van der Waals surface area contributed by atoms with Gasteiger partial charge < -0.3 is 5.32 Å². The second-order valence-electron chi connectivity index (χ2n) is 3.13. The second-order valence-corrected chi connectivity index (χ2v) is 5.42. The van der Waals surface area contributed by atoms with Crippen molar-refractivity contribution in [1.82, 2.24) is 4.98 Å². The number of pyridine rings is 1. The molecule has 0 spiro atoms. The maximum absolute atomic E-state index is 11.0. The molecule has 0 aliphatic rings. The molecule has 2 atom stereocenters. The molecule has 0 fully saturated rings. The summed E-state index contributed by atoms with van der Waals surface area (Å²) in [6.07, 6.45) is 1.70. The molecule has 2 unspecified atom stereocenters. The highest BCUT2D eigenvalue weighted by Crippen LogP contribution is 2.10. The fourth-order valence-corrected chi connectivity index (χ4v) is 2.27. The summed E-state index contributed by atoms with van der Waals surface area (Å²) in [7, 11) is -0.777. The fourth-order valence-electron chi connectivity index (χ4n) is 1.13. The van der Waals surface area contributed by atoms with E-state index in [0.717, 1.165) is 10.4 Å². The number of halogens is 1. The fraction of sp³-hybridized carbons (Fsp3) is 0.444. The number of rotatable bonds is 4. The van der Waals surface area contributed by atoms with Crippen LogP contribution >= 0.6 is 15.9 Å². The van der Waals surface area contributed by atoms with Gasteiger partial charge in [-0.15, -0.1) is 0 Å². The van der Waals surface area contributed by atoms with E-state index in [0.29, 0.717) is 5.75 Å². The van der Waals surface area contributed by atoms with Crippen LogP contribution in [0, 0.1) is 0 Å². The largest absolute Gasteiger partial charge is 0.367 e. The number of hydrogen-bond donors (Lipinski definition) is 1. The van der Waals surface area contributed by atoms with Gasteiger partial charge in [-0.05, 0) is 35.0 Å². The number of hydrogen-bond acceptors (Lipinski definition) is 3. The number of nitrogens with one attached hydrogen (secondary N) is 1. The molecule has 3 nitrogen and oxygen atoms in total. The van der Waals surface area contributed by atoms with Crippen molar-refractivity contribution in [2.24, 2.45) is 0 Å². The van der Waals surface area contributed by atoms with Gasteiger partial charge in [0, 0.05) is 28.9 Å². The summed E-state index contributed by atoms with van der Waals surface area (Å²) >= 11 is 3.29. The zero-order chi connectivity index (χ0) is 10.6. The van der Waals surface area contributed by atoms with E-state index in [9.17, 15) is 4.21 Å². The zero-order valence-corrected chi connectivity index (χ0v) is 10.6. The van der Waals surface area contributed by atoms with Gasteiger partial charge >= 0.3 is 0 Å². The van der Waals surface area contributed by atoms with E-state index < -0.39 is 10.8 Å². The monoisotopic (exact) mass is 276 g/mol. The van der Waals surface area contributed by atoms with Crippen molar-refractivity contribution in [2.75, 3.05) is 17.3 Å². The summed E-state index contributed by atoms with van der Waals surface area (Å²) < 4.78 is 11.8. The van der Waals surface area contributed by atoms with Crippen molar-refractivity contribution in [1.29, 1.82) is 0 Å². The molecule has 0 aliphatic heterocycles. The van der Waals surface area contributed by atoms with Crippen molar-refractivity contribution in [3.8, 4) is 0 Å². The molecule has 78 valence electrons. The Morgan fingerprint density at radius 3 is 2.93 bits per heavy atom. The zero-order valence-electron chi connectivity index (χ0n) is 8.16. The van der Waals surface area contributed by atoms with Crippen LogP contribution in [-0.2, 0) is 10.8 Å². The summed E-state index contributed by atoms with van der Waals surface area (Å²) in [6.45, 7) is 1.99. The Morgan fingerprint density at radius 2 is 2.36 bits per heavy atom. The lowest BCUT2D eigenvalue weighted by atomic mass is 10.4. The number of aromatic nitrogens is 1. The third-order valence-corrected chi connectivity index (χ3v) is 3.01. The maximum atomic E-state index is 11.0. The first kappa shape index (κ1) is 11.7. The van der Waals surface area contributed by atoms with E-state index in [1.807, 2.05) is 25.1 Å². The summed E-state index contributed by atoms with van der Waals surface area (Å²) in [5, 5.41) is 3.18. The Kier molecular flexibility index (Phi) is 4.54. The molecule has 0 saturated carbocycles. The van der Waals surface area contributed by atoms with Crippen molar-refractivity contribution < 1.29 is 4.21 Å². The van der Waals surface area contributed by atoms with Crippen LogP contribution in [-0.4, -0.2) is 27.2 Å². The van der Waals surface area contributed by atoms with Crippen LogP contribution in [0.1, 0.15) is 6.92 Å². The summed E-state index contributed by atoms with van der Waals surface area (Å²) in [5.41, 5.74) is 0. The SMILES string of the molecule is CC(CS(C)=O)Nc1cccc(Br)n1. The summed E-state index contributed by atoms with van der Waals surface area (Å²) in [5.74, 6) is 1.44. The molecule has 0 radical (unpaired) electrons. The Hall–Kier alpha value is -0.420. The van der Waals surface area contributed by atoms with E-state index in [4.69, 9.17) is 0 Å². The van der Waals surface area contributed by atoms with Crippen molar-refractivity contribution in [3.63, 3.8) is 0 Å². The van der Waals surface area contributed by atoms with Gasteiger partial charge in [-0.1, -0.05) is 6.07 Å². The van der Waals surface area contributed by atoms with Gasteiger partial charge in [0.05, 0.1) is 0 Å². The van der Waals surface area contributed by atoms with E-state index in [2.05, 4.69) is 26.2 Å². The topological polar surface area (TPSA) is 42.0 Å². The van der Waals surface area contributed by atoms with Crippen LogP contribution in [0.25, 0.3) is 0 Å². The molecule has 0 aromatic carbocycles. The first-order chi connectivity index (χ1) is 6.58. The standard InChI is InChI=1S/C9H13BrN2OS/c1-7(6-14(2)13)11-9-5-3-4-8(10)12-9/h3-5,7H,6H2,1-2H3,(H,11,12). The Balaban J connectivity index is 2.55. The third-order valence-electron chi connectivity index (χ3n) is 1.59. The molecule has 1 N–H and O–H groups in total. The minimum absolute atomic E-state index is 0.169. The van der Waals surface area contributed by atoms with Crippen LogP contribution in [0.4, 0.5) is 5.82 Å². The first-order valence-electron chi connectivity index (χ1n) is 4.27. The molecular weight excluding hydrogens is 264 g/mol. The van der Waals surface area contributed by atoms with Crippen molar-refractivity contribution >= 4 is 32.5 Å². The molecule has 0 saturated heterocycles. The highest BCUT2D eigenvalue weighted by atomic mass is 79.9. The molecule has 1 aromatic heterocycles. The quantitative estimate of drug-likeness (QED) is 0.856. The second kappa shape index (κ2) is 5.46. The predicted octanol–water partition coefficient (Wildman–Crippen LogP) is 2.02. The van der Waals surface area contributed by atoms with Crippen LogP contribution in [0.3, 0.4) is 0 Å². The molecule has 0 amide bonds. The van der Waals surface area contributed by atoms with Crippen LogP contribution < -0.4 is 5.32 Å². The normalized spacial score (nSPS) is 14.8. The van der Waals surface area contributed by atoms with Crippen LogP contribution in [0.15, 0.2) is 22.8 Å². The smallest absolute Gasteiger partial charge is 0.127 e. The molecule has 1 rings (SSSR count). The molecule has 1 heterocycles. The predicted molar refractivity (Wildman–Crippen MR) is 64.0 cm³/mol. The van der Waals surface area contributed by atoms with Gasteiger partial charge in [-0.2, -0.15) is 0 Å². The summed E-state index contributed by atoms with van der Waals surface area (Å²) in [4.78, 5) is 4.23.